The van der Waals surface area contributed by atoms with E-state index >= 15 is 0 Å². The third-order valence-electron chi connectivity index (χ3n) is 2.49. The maximum atomic E-state index is 11.5. The van der Waals surface area contributed by atoms with Gasteiger partial charge in [-0.2, -0.15) is 4.98 Å². The number of hydrogen-bond acceptors (Lipinski definition) is 5. The van der Waals surface area contributed by atoms with Crippen molar-refractivity contribution in [3.05, 3.63) is 53.1 Å². The summed E-state index contributed by atoms with van der Waals surface area (Å²) >= 11 is 0. The summed E-state index contributed by atoms with van der Waals surface area (Å²) in [4.78, 5) is 15.0. The first-order valence-corrected chi connectivity index (χ1v) is 5.84. The van der Waals surface area contributed by atoms with E-state index in [2.05, 4.69) is 4.98 Å². The first-order chi connectivity index (χ1) is 9.15. The lowest BCUT2D eigenvalue weighted by Crippen LogP contribution is -2.31. The molecule has 0 bridgehead atoms. The van der Waals surface area contributed by atoms with Gasteiger partial charge in [0.1, 0.15) is 24.3 Å². The summed E-state index contributed by atoms with van der Waals surface area (Å²) in [5, 5.41) is 9.81. The smallest absolute Gasteiger partial charge is 0.349 e. The molecular weight excluding hydrogens is 246 g/mol. The lowest BCUT2D eigenvalue weighted by atomic mass is 10.3. The number of aliphatic hydroxyl groups is 1. The SMILES string of the molecule is Nc1ccn(CC(O)COc2ccccc2)c(=O)n1. The molecule has 0 fully saturated rings. The summed E-state index contributed by atoms with van der Waals surface area (Å²) in [5.74, 6) is 0.834. The summed E-state index contributed by atoms with van der Waals surface area (Å²) in [5.41, 5.74) is 4.89. The van der Waals surface area contributed by atoms with Crippen molar-refractivity contribution in [2.24, 2.45) is 0 Å². The normalized spacial score (nSPS) is 12.1. The minimum Gasteiger partial charge on any atom is -0.491 e. The van der Waals surface area contributed by atoms with Crippen molar-refractivity contribution < 1.29 is 9.84 Å². The van der Waals surface area contributed by atoms with Crippen LogP contribution in [0.25, 0.3) is 0 Å². The molecule has 6 nitrogen and oxygen atoms in total. The molecule has 0 amide bonds. The predicted octanol–water partition coefficient (Wildman–Crippen LogP) is 0.265. The second-order valence-corrected chi connectivity index (χ2v) is 4.07. The van der Waals surface area contributed by atoms with Crippen LogP contribution in [0.4, 0.5) is 5.82 Å². The topological polar surface area (TPSA) is 90.4 Å². The molecule has 2 rings (SSSR count). The zero-order chi connectivity index (χ0) is 13.7. The van der Waals surface area contributed by atoms with Crippen molar-refractivity contribution in [1.29, 1.82) is 0 Å². The largest absolute Gasteiger partial charge is 0.491 e. The number of benzene rings is 1. The fraction of sp³-hybridized carbons (Fsp3) is 0.231. The van der Waals surface area contributed by atoms with Crippen molar-refractivity contribution in [3.8, 4) is 5.75 Å². The number of aromatic nitrogens is 2. The second kappa shape index (κ2) is 6.01. The first-order valence-electron chi connectivity index (χ1n) is 5.84. The highest BCUT2D eigenvalue weighted by molar-refractivity contribution is 5.23. The van der Waals surface area contributed by atoms with E-state index in [1.807, 2.05) is 18.2 Å². The van der Waals surface area contributed by atoms with Gasteiger partial charge in [-0.05, 0) is 18.2 Å². The highest BCUT2D eigenvalue weighted by Crippen LogP contribution is 2.08. The van der Waals surface area contributed by atoms with E-state index in [-0.39, 0.29) is 19.0 Å². The fourth-order valence-electron chi connectivity index (χ4n) is 1.57. The third-order valence-corrected chi connectivity index (χ3v) is 2.49. The van der Waals surface area contributed by atoms with Crippen LogP contribution in [0.3, 0.4) is 0 Å². The molecule has 0 aliphatic rings. The number of rotatable bonds is 5. The highest BCUT2D eigenvalue weighted by atomic mass is 16.5. The molecule has 3 N–H and O–H groups in total. The first kappa shape index (κ1) is 13.1. The summed E-state index contributed by atoms with van der Waals surface area (Å²) in [6, 6.07) is 10.7. The molecule has 0 saturated heterocycles. The number of nitrogens with two attached hydrogens (primary N) is 1. The standard InChI is InChI=1S/C13H15N3O3/c14-12-6-7-16(13(18)15-12)8-10(17)9-19-11-4-2-1-3-5-11/h1-7,10,17H,8-9H2,(H2,14,15,18). The number of anilines is 1. The van der Waals surface area contributed by atoms with Gasteiger partial charge in [-0.3, -0.25) is 4.57 Å². The Labute approximate surface area is 110 Å². The van der Waals surface area contributed by atoms with Crippen molar-refractivity contribution in [2.45, 2.75) is 12.6 Å². The van der Waals surface area contributed by atoms with Gasteiger partial charge in [0.25, 0.3) is 0 Å². The molecule has 1 atom stereocenters. The van der Waals surface area contributed by atoms with Gasteiger partial charge in [-0.25, -0.2) is 4.79 Å². The lowest BCUT2D eigenvalue weighted by molar-refractivity contribution is 0.0912. The van der Waals surface area contributed by atoms with E-state index < -0.39 is 11.8 Å². The van der Waals surface area contributed by atoms with E-state index in [9.17, 15) is 9.90 Å². The molecule has 0 saturated carbocycles. The minimum absolute atomic E-state index is 0.0980. The van der Waals surface area contributed by atoms with E-state index in [4.69, 9.17) is 10.5 Å². The molecule has 0 aliphatic heterocycles. The maximum Gasteiger partial charge on any atom is 0.349 e. The molecule has 100 valence electrons. The molecule has 0 spiro atoms. The fourth-order valence-corrected chi connectivity index (χ4v) is 1.57. The molecule has 0 aliphatic carbocycles. The quantitative estimate of drug-likeness (QED) is 0.806. The van der Waals surface area contributed by atoms with Crippen molar-refractivity contribution in [1.82, 2.24) is 9.55 Å². The molecule has 1 aromatic carbocycles. The molecule has 0 radical (unpaired) electrons. The average molecular weight is 261 g/mol. The van der Waals surface area contributed by atoms with E-state index in [1.54, 1.807) is 12.1 Å². The molecule has 2 aromatic rings. The van der Waals surface area contributed by atoms with Gasteiger partial charge in [-0.15, -0.1) is 0 Å². The predicted molar refractivity (Wildman–Crippen MR) is 70.9 cm³/mol. The van der Waals surface area contributed by atoms with Crippen LogP contribution in [-0.4, -0.2) is 27.4 Å². The van der Waals surface area contributed by atoms with Gasteiger partial charge in [0.15, 0.2) is 0 Å². The molecular formula is C13H15N3O3. The van der Waals surface area contributed by atoms with E-state index in [1.165, 1.54) is 16.8 Å². The van der Waals surface area contributed by atoms with Gasteiger partial charge < -0.3 is 15.6 Å². The highest BCUT2D eigenvalue weighted by Gasteiger charge is 2.08. The Morgan fingerprint density at radius 2 is 2.05 bits per heavy atom. The molecule has 19 heavy (non-hydrogen) atoms. The molecule has 1 heterocycles. The van der Waals surface area contributed by atoms with Crippen LogP contribution >= 0.6 is 0 Å². The summed E-state index contributed by atoms with van der Waals surface area (Å²) < 4.78 is 6.68. The van der Waals surface area contributed by atoms with Crippen molar-refractivity contribution in [3.63, 3.8) is 0 Å². The summed E-state index contributed by atoms with van der Waals surface area (Å²) in [6.45, 7) is 0.208. The van der Waals surface area contributed by atoms with Crippen molar-refractivity contribution >= 4 is 5.82 Å². The van der Waals surface area contributed by atoms with Gasteiger partial charge in [-0.1, -0.05) is 18.2 Å². The summed E-state index contributed by atoms with van der Waals surface area (Å²) in [7, 11) is 0. The van der Waals surface area contributed by atoms with Gasteiger partial charge in [0.05, 0.1) is 6.54 Å². The van der Waals surface area contributed by atoms with Crippen LogP contribution < -0.4 is 16.2 Å². The van der Waals surface area contributed by atoms with Crippen LogP contribution in [0.1, 0.15) is 0 Å². The maximum absolute atomic E-state index is 11.5. The number of nitrogens with zero attached hydrogens (tertiary/aromatic N) is 2. The van der Waals surface area contributed by atoms with Crippen LogP contribution in [-0.2, 0) is 6.54 Å². The summed E-state index contributed by atoms with van der Waals surface area (Å²) in [6.07, 6.45) is 0.694. The number of aliphatic hydroxyl groups excluding tert-OH is 1. The van der Waals surface area contributed by atoms with Crippen molar-refractivity contribution in [2.75, 3.05) is 12.3 Å². The lowest BCUT2D eigenvalue weighted by Gasteiger charge is -2.13. The van der Waals surface area contributed by atoms with Gasteiger partial charge >= 0.3 is 5.69 Å². The number of ether oxygens (including phenoxy) is 1. The molecule has 6 heteroatoms. The zero-order valence-corrected chi connectivity index (χ0v) is 10.3. The number of nitrogen functional groups attached to an aromatic ring is 1. The zero-order valence-electron chi connectivity index (χ0n) is 10.3. The number of hydrogen-bond donors (Lipinski definition) is 2. The minimum atomic E-state index is -0.802. The average Bonchev–Trinajstić information content (AvgIpc) is 2.41. The third kappa shape index (κ3) is 3.82. The Morgan fingerprint density at radius 3 is 2.74 bits per heavy atom. The Balaban J connectivity index is 1.91. The van der Waals surface area contributed by atoms with E-state index in [0.29, 0.717) is 5.75 Å². The molecule has 1 aromatic heterocycles. The van der Waals surface area contributed by atoms with Crippen LogP contribution in [0.15, 0.2) is 47.4 Å². The molecule has 1 unspecified atom stereocenters. The van der Waals surface area contributed by atoms with E-state index in [0.717, 1.165) is 0 Å². The monoisotopic (exact) mass is 261 g/mol. The van der Waals surface area contributed by atoms with Crippen LogP contribution in [0.2, 0.25) is 0 Å². The van der Waals surface area contributed by atoms with Gasteiger partial charge in [0, 0.05) is 6.20 Å². The van der Waals surface area contributed by atoms with Gasteiger partial charge in [0.2, 0.25) is 0 Å². The second-order valence-electron chi connectivity index (χ2n) is 4.07. The van der Waals surface area contributed by atoms with Crippen LogP contribution in [0.5, 0.6) is 5.75 Å². The Hall–Kier alpha value is -2.34. The number of para-hydroxylation sites is 1. The Kier molecular flexibility index (Phi) is 4.15. The van der Waals surface area contributed by atoms with Crippen LogP contribution in [0, 0.1) is 0 Å². The Morgan fingerprint density at radius 1 is 1.32 bits per heavy atom. The Bertz CT molecular complexity index is 583.